The van der Waals surface area contributed by atoms with Gasteiger partial charge in [-0.25, -0.2) is 4.79 Å². The zero-order valence-electron chi connectivity index (χ0n) is 12.2. The molecule has 1 aliphatic rings. The zero-order chi connectivity index (χ0) is 14.9. The summed E-state index contributed by atoms with van der Waals surface area (Å²) in [6, 6.07) is 0. The first-order chi connectivity index (χ1) is 9.45. The number of morpholine rings is 1. The molecule has 0 saturated carbocycles. The summed E-state index contributed by atoms with van der Waals surface area (Å²) in [5.74, 6) is 0.753. The summed E-state index contributed by atoms with van der Waals surface area (Å²) in [4.78, 5) is 25.7. The average Bonchev–Trinajstić information content (AvgIpc) is 2.70. The highest BCUT2D eigenvalue weighted by molar-refractivity contribution is 5.97. The molecule has 1 saturated heterocycles. The summed E-state index contributed by atoms with van der Waals surface area (Å²) in [7, 11) is 1.31. The summed E-state index contributed by atoms with van der Waals surface area (Å²) >= 11 is 0. The lowest BCUT2D eigenvalue weighted by molar-refractivity contribution is -0.158. The number of hydrogen-bond acceptors (Lipinski definition) is 5. The van der Waals surface area contributed by atoms with E-state index in [2.05, 4.69) is 4.74 Å². The van der Waals surface area contributed by atoms with Crippen LogP contribution < -0.4 is 0 Å². The molecular formula is C14H19NO5. The van der Waals surface area contributed by atoms with Gasteiger partial charge >= 0.3 is 5.97 Å². The Hall–Kier alpha value is -1.82. The number of methoxy groups -OCH3 is 1. The Morgan fingerprint density at radius 3 is 2.50 bits per heavy atom. The quantitative estimate of drug-likeness (QED) is 0.762. The number of esters is 1. The van der Waals surface area contributed by atoms with Crippen molar-refractivity contribution in [3.63, 3.8) is 0 Å². The predicted octanol–water partition coefficient (Wildman–Crippen LogP) is 1.22. The van der Waals surface area contributed by atoms with Crippen molar-refractivity contribution >= 4 is 11.9 Å². The Morgan fingerprint density at radius 1 is 1.25 bits per heavy atom. The van der Waals surface area contributed by atoms with Crippen LogP contribution in [0.5, 0.6) is 0 Å². The molecule has 1 aromatic heterocycles. The smallest absolute Gasteiger partial charge is 0.336 e. The Kier molecular flexibility index (Phi) is 4.13. The third-order valence-corrected chi connectivity index (χ3v) is 3.59. The maximum absolute atomic E-state index is 12.6. The third-order valence-electron chi connectivity index (χ3n) is 3.59. The molecule has 0 radical (unpaired) electrons. The predicted molar refractivity (Wildman–Crippen MR) is 70.6 cm³/mol. The largest absolute Gasteiger partial charge is 0.467 e. The van der Waals surface area contributed by atoms with Gasteiger partial charge < -0.3 is 18.8 Å². The van der Waals surface area contributed by atoms with Gasteiger partial charge in [0.05, 0.1) is 25.8 Å². The Bertz CT molecular complexity index is 534. The number of aryl methyl sites for hydroxylation is 2. The number of carbonyl (C=O) groups excluding carboxylic acids is 2. The Labute approximate surface area is 117 Å². The first-order valence-corrected chi connectivity index (χ1v) is 6.51. The minimum atomic E-state index is -0.716. The summed E-state index contributed by atoms with van der Waals surface area (Å²) in [5, 5.41) is 0. The van der Waals surface area contributed by atoms with Gasteiger partial charge in [-0.15, -0.1) is 0 Å². The van der Waals surface area contributed by atoms with Crippen LogP contribution in [0.15, 0.2) is 4.42 Å². The van der Waals surface area contributed by atoms with Gasteiger partial charge in [0.15, 0.2) is 6.10 Å². The van der Waals surface area contributed by atoms with E-state index >= 15 is 0 Å². The van der Waals surface area contributed by atoms with Gasteiger partial charge in [0.2, 0.25) is 0 Å². The van der Waals surface area contributed by atoms with Gasteiger partial charge in [-0.2, -0.15) is 0 Å². The molecule has 0 aliphatic carbocycles. The van der Waals surface area contributed by atoms with Crippen LogP contribution >= 0.6 is 0 Å². The lowest BCUT2D eigenvalue weighted by atomic mass is 10.1. The molecule has 0 spiro atoms. The van der Waals surface area contributed by atoms with Crippen molar-refractivity contribution in [3.05, 3.63) is 22.6 Å². The van der Waals surface area contributed by atoms with Crippen molar-refractivity contribution in [2.24, 2.45) is 0 Å². The lowest BCUT2D eigenvalue weighted by Crippen LogP contribution is -2.49. The van der Waals surface area contributed by atoms with Crippen LogP contribution in [0.4, 0.5) is 0 Å². The van der Waals surface area contributed by atoms with Crippen molar-refractivity contribution in [3.8, 4) is 0 Å². The summed E-state index contributed by atoms with van der Waals surface area (Å²) in [5.41, 5.74) is 1.42. The van der Waals surface area contributed by atoms with Crippen LogP contribution in [0.1, 0.15) is 27.4 Å². The standard InChI is InChI=1S/C14H19NO5/c1-8-9(2)20-10(3)12(8)13(16)15-5-6-19-11(7-15)14(17)18-4/h11H,5-7H2,1-4H3. The number of furan rings is 1. The first-order valence-electron chi connectivity index (χ1n) is 6.51. The molecule has 110 valence electrons. The van der Waals surface area contributed by atoms with Crippen LogP contribution in [0, 0.1) is 20.8 Å². The van der Waals surface area contributed by atoms with Crippen molar-refractivity contribution < 1.29 is 23.5 Å². The fourth-order valence-corrected chi connectivity index (χ4v) is 2.37. The summed E-state index contributed by atoms with van der Waals surface area (Å²) < 4.78 is 15.5. The number of carbonyl (C=O) groups is 2. The molecule has 0 bridgehead atoms. The topological polar surface area (TPSA) is 69.0 Å². The van der Waals surface area contributed by atoms with Crippen LogP contribution in [-0.2, 0) is 14.3 Å². The van der Waals surface area contributed by atoms with E-state index in [-0.39, 0.29) is 12.5 Å². The van der Waals surface area contributed by atoms with Gasteiger partial charge in [-0.05, 0) is 20.8 Å². The van der Waals surface area contributed by atoms with Crippen molar-refractivity contribution in [2.75, 3.05) is 26.8 Å². The second-order valence-corrected chi connectivity index (χ2v) is 4.85. The van der Waals surface area contributed by atoms with Crippen LogP contribution in [0.3, 0.4) is 0 Å². The highest BCUT2D eigenvalue weighted by atomic mass is 16.6. The highest BCUT2D eigenvalue weighted by Gasteiger charge is 2.32. The Morgan fingerprint density at radius 2 is 1.95 bits per heavy atom. The van der Waals surface area contributed by atoms with E-state index in [0.29, 0.717) is 24.5 Å². The minimum Gasteiger partial charge on any atom is -0.467 e. The van der Waals surface area contributed by atoms with Gasteiger partial charge in [-0.3, -0.25) is 4.79 Å². The molecule has 1 unspecified atom stereocenters. The van der Waals surface area contributed by atoms with E-state index in [0.717, 1.165) is 11.3 Å². The summed E-state index contributed by atoms with van der Waals surface area (Å²) in [6.45, 7) is 6.43. The van der Waals surface area contributed by atoms with Crippen molar-refractivity contribution in [2.45, 2.75) is 26.9 Å². The summed E-state index contributed by atoms with van der Waals surface area (Å²) in [6.07, 6.45) is -0.716. The molecule has 0 aromatic carbocycles. The van der Waals surface area contributed by atoms with E-state index in [1.165, 1.54) is 7.11 Å². The number of rotatable bonds is 2. The highest BCUT2D eigenvalue weighted by Crippen LogP contribution is 2.23. The zero-order valence-corrected chi connectivity index (χ0v) is 12.2. The van der Waals surface area contributed by atoms with Crippen LogP contribution in [0.25, 0.3) is 0 Å². The molecule has 1 aromatic rings. The van der Waals surface area contributed by atoms with E-state index in [1.54, 1.807) is 11.8 Å². The SMILES string of the molecule is COC(=O)C1CN(C(=O)c2c(C)oc(C)c2C)CCO1. The molecule has 1 amide bonds. The van der Waals surface area contributed by atoms with E-state index < -0.39 is 12.1 Å². The first kappa shape index (κ1) is 14.6. The van der Waals surface area contributed by atoms with E-state index in [1.807, 2.05) is 13.8 Å². The molecule has 1 aliphatic heterocycles. The van der Waals surface area contributed by atoms with Gasteiger partial charge in [-0.1, -0.05) is 0 Å². The molecule has 0 N–H and O–H groups in total. The molecule has 2 rings (SSSR count). The minimum absolute atomic E-state index is 0.131. The second kappa shape index (κ2) is 5.66. The number of ether oxygens (including phenoxy) is 2. The molecule has 1 atom stereocenters. The number of hydrogen-bond donors (Lipinski definition) is 0. The average molecular weight is 281 g/mol. The van der Waals surface area contributed by atoms with Crippen molar-refractivity contribution in [1.29, 1.82) is 0 Å². The number of amides is 1. The fourth-order valence-electron chi connectivity index (χ4n) is 2.37. The fraction of sp³-hybridized carbons (Fsp3) is 0.571. The molecule has 6 heteroatoms. The van der Waals surface area contributed by atoms with Gasteiger partial charge in [0.25, 0.3) is 5.91 Å². The van der Waals surface area contributed by atoms with Gasteiger partial charge in [0, 0.05) is 12.1 Å². The third kappa shape index (κ3) is 2.56. The van der Waals surface area contributed by atoms with Crippen molar-refractivity contribution in [1.82, 2.24) is 4.90 Å². The second-order valence-electron chi connectivity index (χ2n) is 4.85. The van der Waals surface area contributed by atoms with E-state index in [4.69, 9.17) is 9.15 Å². The molecule has 20 heavy (non-hydrogen) atoms. The van der Waals surface area contributed by atoms with Gasteiger partial charge in [0.1, 0.15) is 11.5 Å². The molecule has 2 heterocycles. The Balaban J connectivity index is 2.18. The maximum atomic E-state index is 12.6. The number of nitrogens with zero attached hydrogens (tertiary/aromatic N) is 1. The molecular weight excluding hydrogens is 262 g/mol. The van der Waals surface area contributed by atoms with Crippen LogP contribution in [-0.4, -0.2) is 49.7 Å². The monoisotopic (exact) mass is 281 g/mol. The molecule has 6 nitrogen and oxygen atoms in total. The molecule has 1 fully saturated rings. The van der Waals surface area contributed by atoms with E-state index in [9.17, 15) is 9.59 Å². The van der Waals surface area contributed by atoms with Crippen LogP contribution in [0.2, 0.25) is 0 Å². The lowest BCUT2D eigenvalue weighted by Gasteiger charge is -2.31. The normalized spacial score (nSPS) is 19.0. The maximum Gasteiger partial charge on any atom is 0.336 e.